The van der Waals surface area contributed by atoms with Gasteiger partial charge in [0.05, 0.1) is 22.8 Å². The summed E-state index contributed by atoms with van der Waals surface area (Å²) >= 11 is 0. The molecule has 110 valence electrons. The summed E-state index contributed by atoms with van der Waals surface area (Å²) < 4.78 is 65.9. The van der Waals surface area contributed by atoms with Crippen LogP contribution in [0.3, 0.4) is 0 Å². The van der Waals surface area contributed by atoms with Gasteiger partial charge >= 0.3 is 6.18 Å². The zero-order valence-electron chi connectivity index (χ0n) is 10.7. The average molecular weight is 308 g/mol. The van der Waals surface area contributed by atoms with Crippen molar-refractivity contribution in [1.82, 2.24) is 0 Å². The molecule has 2 aromatic rings. The van der Waals surface area contributed by atoms with Crippen molar-refractivity contribution in [2.45, 2.75) is 6.18 Å². The van der Waals surface area contributed by atoms with Gasteiger partial charge in [0.15, 0.2) is 11.6 Å². The zero-order chi connectivity index (χ0) is 16.5. The van der Waals surface area contributed by atoms with Crippen molar-refractivity contribution in [2.75, 3.05) is 0 Å². The average Bonchev–Trinajstić information content (AvgIpc) is 2.48. The van der Waals surface area contributed by atoms with Gasteiger partial charge in [0.1, 0.15) is 6.07 Å². The van der Waals surface area contributed by atoms with Crippen LogP contribution in [0.15, 0.2) is 30.3 Å². The van der Waals surface area contributed by atoms with Crippen LogP contribution in [-0.4, -0.2) is 0 Å². The van der Waals surface area contributed by atoms with E-state index >= 15 is 0 Å². The second-order valence-corrected chi connectivity index (χ2v) is 4.30. The number of alkyl halides is 3. The Morgan fingerprint density at radius 3 is 2.14 bits per heavy atom. The van der Waals surface area contributed by atoms with Gasteiger partial charge in [-0.3, -0.25) is 0 Å². The van der Waals surface area contributed by atoms with Crippen LogP contribution in [0.5, 0.6) is 0 Å². The summed E-state index contributed by atoms with van der Waals surface area (Å²) in [5, 5.41) is 17.4. The highest BCUT2D eigenvalue weighted by atomic mass is 19.4. The molecule has 0 bridgehead atoms. The van der Waals surface area contributed by atoms with Gasteiger partial charge < -0.3 is 0 Å². The monoisotopic (exact) mass is 308 g/mol. The summed E-state index contributed by atoms with van der Waals surface area (Å²) in [6.07, 6.45) is -4.79. The Hall–Kier alpha value is -2.93. The number of hydrogen-bond donors (Lipinski definition) is 0. The molecule has 7 heteroatoms. The van der Waals surface area contributed by atoms with Crippen LogP contribution in [0.4, 0.5) is 22.0 Å². The summed E-state index contributed by atoms with van der Waals surface area (Å²) in [6, 6.07) is 7.08. The molecule has 0 radical (unpaired) electrons. The van der Waals surface area contributed by atoms with E-state index in [0.717, 1.165) is 18.2 Å². The summed E-state index contributed by atoms with van der Waals surface area (Å²) in [4.78, 5) is 0. The Labute approximate surface area is 121 Å². The number of benzene rings is 2. The number of nitrogens with zero attached hydrogens (tertiary/aromatic N) is 2. The minimum Gasteiger partial charge on any atom is -0.204 e. The third kappa shape index (κ3) is 2.75. The largest absolute Gasteiger partial charge is 0.417 e. The molecular formula is C15H5F5N2. The molecule has 2 aromatic carbocycles. The van der Waals surface area contributed by atoms with Crippen LogP contribution in [0.2, 0.25) is 0 Å². The van der Waals surface area contributed by atoms with Crippen molar-refractivity contribution in [2.24, 2.45) is 0 Å². The first-order chi connectivity index (χ1) is 10.3. The van der Waals surface area contributed by atoms with E-state index < -0.39 is 34.5 Å². The Morgan fingerprint density at radius 2 is 1.59 bits per heavy atom. The smallest absolute Gasteiger partial charge is 0.204 e. The predicted octanol–water partition coefficient (Wildman–Crippen LogP) is 4.39. The molecule has 0 aromatic heterocycles. The van der Waals surface area contributed by atoms with E-state index in [0.29, 0.717) is 12.1 Å². The van der Waals surface area contributed by atoms with E-state index in [-0.39, 0.29) is 11.1 Å². The first-order valence-corrected chi connectivity index (χ1v) is 5.78. The van der Waals surface area contributed by atoms with Crippen molar-refractivity contribution in [1.29, 1.82) is 10.5 Å². The van der Waals surface area contributed by atoms with Crippen LogP contribution in [0.25, 0.3) is 11.1 Å². The molecule has 2 rings (SSSR count). The van der Waals surface area contributed by atoms with Crippen LogP contribution >= 0.6 is 0 Å². The Morgan fingerprint density at radius 1 is 0.909 bits per heavy atom. The lowest BCUT2D eigenvalue weighted by atomic mass is 9.96. The van der Waals surface area contributed by atoms with Gasteiger partial charge in [-0.15, -0.1) is 0 Å². The maximum absolute atomic E-state index is 13.4. The number of nitriles is 2. The highest BCUT2D eigenvalue weighted by molar-refractivity contribution is 5.70. The lowest BCUT2D eigenvalue weighted by Crippen LogP contribution is -2.08. The lowest BCUT2D eigenvalue weighted by Gasteiger charge is -2.14. The van der Waals surface area contributed by atoms with Crippen molar-refractivity contribution in [3.05, 3.63) is 58.7 Å². The van der Waals surface area contributed by atoms with Crippen LogP contribution in [0.1, 0.15) is 16.7 Å². The topological polar surface area (TPSA) is 47.6 Å². The highest BCUT2D eigenvalue weighted by Crippen LogP contribution is 2.38. The molecule has 0 spiro atoms. The fraction of sp³-hybridized carbons (Fsp3) is 0.0667. The van der Waals surface area contributed by atoms with Gasteiger partial charge in [-0.05, 0) is 35.4 Å². The number of halogens is 5. The van der Waals surface area contributed by atoms with Crippen LogP contribution in [-0.2, 0) is 6.18 Å². The third-order valence-electron chi connectivity index (χ3n) is 2.91. The second-order valence-electron chi connectivity index (χ2n) is 4.30. The second kappa shape index (κ2) is 5.45. The van der Waals surface area contributed by atoms with Gasteiger partial charge in [0.2, 0.25) is 0 Å². The van der Waals surface area contributed by atoms with Gasteiger partial charge in [-0.25, -0.2) is 8.78 Å². The zero-order valence-corrected chi connectivity index (χ0v) is 10.7. The van der Waals surface area contributed by atoms with Crippen LogP contribution < -0.4 is 0 Å². The van der Waals surface area contributed by atoms with Crippen molar-refractivity contribution < 1.29 is 22.0 Å². The molecule has 0 aliphatic carbocycles. The van der Waals surface area contributed by atoms with E-state index in [4.69, 9.17) is 10.5 Å². The van der Waals surface area contributed by atoms with E-state index in [1.165, 1.54) is 6.07 Å². The number of hydrogen-bond acceptors (Lipinski definition) is 2. The summed E-state index contributed by atoms with van der Waals surface area (Å²) in [5.74, 6) is -2.85. The molecule has 0 saturated heterocycles. The van der Waals surface area contributed by atoms with Gasteiger partial charge in [0.25, 0.3) is 0 Å². The Balaban J connectivity index is 2.76. The van der Waals surface area contributed by atoms with E-state index in [9.17, 15) is 22.0 Å². The van der Waals surface area contributed by atoms with E-state index in [1.807, 2.05) is 0 Å². The Kier molecular flexibility index (Phi) is 3.83. The standard InChI is InChI=1S/C15H5F5N2/c16-13-5-9(4-10(7-22)14(13)17)11-2-1-8(6-21)3-12(11)15(18,19)20/h1-5H. The maximum atomic E-state index is 13.4. The minimum atomic E-state index is -4.79. The minimum absolute atomic E-state index is 0.223. The normalized spacial score (nSPS) is 10.9. The molecule has 0 aliphatic rings. The van der Waals surface area contributed by atoms with Crippen molar-refractivity contribution in [3.8, 4) is 23.3 Å². The quantitative estimate of drug-likeness (QED) is 0.733. The summed E-state index contributed by atoms with van der Waals surface area (Å²) in [6.45, 7) is 0. The molecule has 2 nitrogen and oxygen atoms in total. The molecule has 0 aliphatic heterocycles. The fourth-order valence-corrected chi connectivity index (χ4v) is 1.93. The third-order valence-corrected chi connectivity index (χ3v) is 2.91. The first kappa shape index (κ1) is 15.5. The summed E-state index contributed by atoms with van der Waals surface area (Å²) in [5.41, 5.74) is -2.83. The van der Waals surface area contributed by atoms with Gasteiger partial charge in [-0.1, -0.05) is 6.07 Å². The maximum Gasteiger partial charge on any atom is 0.417 e. The van der Waals surface area contributed by atoms with Gasteiger partial charge in [-0.2, -0.15) is 23.7 Å². The molecule has 0 heterocycles. The number of rotatable bonds is 1. The fourth-order valence-electron chi connectivity index (χ4n) is 1.93. The SMILES string of the molecule is N#Cc1ccc(-c2cc(F)c(F)c(C#N)c2)c(C(F)(F)F)c1. The summed E-state index contributed by atoms with van der Waals surface area (Å²) in [7, 11) is 0. The molecule has 0 amide bonds. The molecule has 0 saturated carbocycles. The molecule has 0 atom stereocenters. The van der Waals surface area contributed by atoms with Crippen LogP contribution in [0, 0.1) is 34.3 Å². The Bertz CT molecular complexity index is 826. The van der Waals surface area contributed by atoms with Crippen molar-refractivity contribution >= 4 is 0 Å². The molecule has 22 heavy (non-hydrogen) atoms. The van der Waals surface area contributed by atoms with E-state index in [2.05, 4.69) is 0 Å². The molecule has 0 fully saturated rings. The lowest BCUT2D eigenvalue weighted by molar-refractivity contribution is -0.137. The highest BCUT2D eigenvalue weighted by Gasteiger charge is 2.34. The van der Waals surface area contributed by atoms with Gasteiger partial charge in [0, 0.05) is 0 Å². The first-order valence-electron chi connectivity index (χ1n) is 5.78. The molecule has 0 unspecified atom stereocenters. The van der Waals surface area contributed by atoms with E-state index in [1.54, 1.807) is 6.07 Å². The predicted molar refractivity (Wildman–Crippen MR) is 66.2 cm³/mol. The molecule has 0 N–H and O–H groups in total. The molecular weight excluding hydrogens is 303 g/mol. The van der Waals surface area contributed by atoms with Crippen molar-refractivity contribution in [3.63, 3.8) is 0 Å².